The van der Waals surface area contributed by atoms with Crippen molar-refractivity contribution in [2.45, 2.75) is 13.8 Å². The van der Waals surface area contributed by atoms with Gasteiger partial charge in [-0.25, -0.2) is 8.78 Å². The standard InChI is InChI=1S/C7H8FN.C7H9N.C6H5ClFN.C6H5F2N/c1-5-2-3-6(8)7(9)4-5;1-6-3-2-4-7(8)5-6;7-4-1-2-6(9)5(8)3-4;7-9(8)6-4-2-1-3-5-6/h2-4H,9H2,1H3;2-5H,8H2,1H3;1-3H,9H2;1-5H. The van der Waals surface area contributed by atoms with E-state index in [1.165, 1.54) is 35.9 Å². The Balaban J connectivity index is 0.000000234. The largest absolute Gasteiger partial charge is 0.399 e. The van der Waals surface area contributed by atoms with Gasteiger partial charge in [-0.1, -0.05) is 57.0 Å². The number of hydrogen-bond acceptors (Lipinski definition) is 4. The van der Waals surface area contributed by atoms with E-state index in [1.54, 1.807) is 36.4 Å². The Morgan fingerprint density at radius 3 is 1.66 bits per heavy atom. The molecule has 0 atom stereocenters. The van der Waals surface area contributed by atoms with Crippen LogP contribution in [0.2, 0.25) is 5.02 Å². The number of hydrogen-bond donors (Lipinski definition) is 3. The molecule has 0 saturated carbocycles. The van der Waals surface area contributed by atoms with E-state index in [1.807, 2.05) is 38.1 Å². The van der Waals surface area contributed by atoms with Crippen molar-refractivity contribution < 1.29 is 17.7 Å². The number of benzene rings is 4. The molecule has 0 aliphatic rings. The molecular weight excluding hydrogens is 480 g/mol. The number of halogens is 5. The van der Waals surface area contributed by atoms with Gasteiger partial charge < -0.3 is 17.2 Å². The lowest BCUT2D eigenvalue weighted by Crippen LogP contribution is -1.93. The first-order chi connectivity index (χ1) is 16.5. The van der Waals surface area contributed by atoms with Crippen molar-refractivity contribution in [3.8, 4) is 0 Å². The maximum absolute atomic E-state index is 12.4. The maximum atomic E-state index is 12.4. The number of aryl methyl sites for hydroxylation is 2. The summed E-state index contributed by atoms with van der Waals surface area (Å²) < 4.78 is 47.9. The molecule has 0 amide bonds. The monoisotopic (exact) mass is 506 g/mol. The Labute approximate surface area is 207 Å². The molecule has 35 heavy (non-hydrogen) atoms. The van der Waals surface area contributed by atoms with Crippen molar-refractivity contribution in [3.63, 3.8) is 0 Å². The zero-order valence-electron chi connectivity index (χ0n) is 19.2. The molecular formula is C26H27ClF4N4. The number of nitrogens with zero attached hydrogens (tertiary/aromatic N) is 1. The molecule has 6 N–H and O–H groups in total. The number of rotatable bonds is 1. The van der Waals surface area contributed by atoms with E-state index >= 15 is 0 Å². The zero-order chi connectivity index (χ0) is 26.4. The third-order valence-corrected chi connectivity index (χ3v) is 4.34. The van der Waals surface area contributed by atoms with Gasteiger partial charge in [-0.3, -0.25) is 0 Å². The second kappa shape index (κ2) is 15.1. The van der Waals surface area contributed by atoms with E-state index in [0.717, 1.165) is 11.3 Å². The van der Waals surface area contributed by atoms with Gasteiger partial charge in [0.05, 0.1) is 11.4 Å². The minimum atomic E-state index is -0.917. The summed E-state index contributed by atoms with van der Waals surface area (Å²) in [5.74, 6) is -0.817. The molecule has 4 nitrogen and oxygen atoms in total. The van der Waals surface area contributed by atoms with Crippen molar-refractivity contribution >= 4 is 34.4 Å². The molecule has 186 valence electrons. The van der Waals surface area contributed by atoms with Gasteiger partial charge in [0.1, 0.15) is 17.3 Å². The fourth-order valence-electron chi connectivity index (χ4n) is 2.38. The highest BCUT2D eigenvalue weighted by molar-refractivity contribution is 6.30. The van der Waals surface area contributed by atoms with Crippen LogP contribution in [0.25, 0.3) is 0 Å². The van der Waals surface area contributed by atoms with Crippen molar-refractivity contribution in [1.82, 2.24) is 0 Å². The molecule has 4 aromatic carbocycles. The maximum Gasteiger partial charge on any atom is 0.147 e. The highest BCUT2D eigenvalue weighted by Gasteiger charge is 1.98. The van der Waals surface area contributed by atoms with Crippen LogP contribution in [0.15, 0.2) is 91.0 Å². The average molecular weight is 507 g/mol. The average Bonchev–Trinajstić information content (AvgIpc) is 2.81. The van der Waals surface area contributed by atoms with E-state index in [4.69, 9.17) is 28.8 Å². The molecule has 0 aliphatic heterocycles. The first-order valence-corrected chi connectivity index (χ1v) is 10.6. The third-order valence-electron chi connectivity index (χ3n) is 4.11. The first-order valence-electron chi connectivity index (χ1n) is 10.2. The number of para-hydroxylation sites is 1. The summed E-state index contributed by atoms with van der Waals surface area (Å²) in [6.07, 6.45) is 0. The number of nitrogen functional groups attached to an aromatic ring is 3. The molecule has 0 heterocycles. The molecule has 9 heteroatoms. The van der Waals surface area contributed by atoms with Gasteiger partial charge in [-0.15, -0.1) is 0 Å². The fraction of sp³-hybridized carbons (Fsp3) is 0.0769. The molecule has 0 saturated heterocycles. The fourth-order valence-corrected chi connectivity index (χ4v) is 2.53. The van der Waals surface area contributed by atoms with Gasteiger partial charge >= 0.3 is 0 Å². The molecule has 4 rings (SSSR count). The van der Waals surface area contributed by atoms with Gasteiger partial charge in [0.2, 0.25) is 0 Å². The van der Waals surface area contributed by atoms with Gasteiger partial charge in [0.25, 0.3) is 0 Å². The van der Waals surface area contributed by atoms with Crippen LogP contribution in [-0.2, 0) is 0 Å². The molecule has 0 fully saturated rings. The van der Waals surface area contributed by atoms with Crippen LogP contribution in [0, 0.1) is 25.5 Å². The summed E-state index contributed by atoms with van der Waals surface area (Å²) >= 11 is 5.42. The Hall–Kier alpha value is -3.91. The Morgan fingerprint density at radius 2 is 1.26 bits per heavy atom. The molecule has 0 aromatic heterocycles. The number of anilines is 4. The second-order valence-corrected chi connectivity index (χ2v) is 7.61. The minimum Gasteiger partial charge on any atom is -0.399 e. The topological polar surface area (TPSA) is 81.3 Å². The quantitative estimate of drug-likeness (QED) is 0.141. The van der Waals surface area contributed by atoms with Crippen LogP contribution in [-0.4, -0.2) is 0 Å². The molecule has 0 radical (unpaired) electrons. The highest BCUT2D eigenvalue weighted by Crippen LogP contribution is 2.15. The highest BCUT2D eigenvalue weighted by atomic mass is 35.5. The summed E-state index contributed by atoms with van der Waals surface area (Å²) in [6.45, 7) is 3.89. The molecule has 0 spiro atoms. The van der Waals surface area contributed by atoms with E-state index < -0.39 is 11.2 Å². The third kappa shape index (κ3) is 12.2. The predicted molar refractivity (Wildman–Crippen MR) is 138 cm³/mol. The summed E-state index contributed by atoms with van der Waals surface area (Å²) in [5, 5.41) is -0.554. The summed E-state index contributed by atoms with van der Waals surface area (Å²) in [6, 6.07) is 24.1. The molecule has 0 bridgehead atoms. The SMILES string of the molecule is Cc1ccc(F)c(N)c1.Cc1cccc(N)c1.FN(F)c1ccccc1.Nc1ccc(Cl)cc1F. The minimum absolute atomic E-state index is 0.0856. The molecule has 0 aliphatic carbocycles. The molecule has 4 aromatic rings. The Bertz CT molecular complexity index is 1110. The lowest BCUT2D eigenvalue weighted by Gasteiger charge is -1.97. The first kappa shape index (κ1) is 29.1. The summed E-state index contributed by atoms with van der Waals surface area (Å²) in [5.41, 5.74) is 19.1. The predicted octanol–water partition coefficient (Wildman–Crippen LogP) is 7.62. The van der Waals surface area contributed by atoms with Crippen molar-refractivity contribution in [2.24, 2.45) is 0 Å². The van der Waals surface area contributed by atoms with E-state index in [0.29, 0.717) is 5.02 Å². The van der Waals surface area contributed by atoms with Gasteiger partial charge in [0.15, 0.2) is 0 Å². The molecule has 0 unspecified atom stereocenters. The van der Waals surface area contributed by atoms with Gasteiger partial charge in [-0.05, 0) is 84.9 Å². The lowest BCUT2D eigenvalue weighted by atomic mass is 10.2. The second-order valence-electron chi connectivity index (χ2n) is 7.17. The van der Waals surface area contributed by atoms with E-state index in [2.05, 4.69) is 0 Å². The van der Waals surface area contributed by atoms with Gasteiger partial charge in [0, 0.05) is 10.7 Å². The van der Waals surface area contributed by atoms with E-state index in [9.17, 15) is 17.7 Å². The van der Waals surface area contributed by atoms with Crippen LogP contribution in [0.4, 0.5) is 40.5 Å². The number of nitrogens with two attached hydrogens (primary N) is 3. The zero-order valence-corrected chi connectivity index (χ0v) is 20.0. The summed E-state index contributed by atoms with van der Waals surface area (Å²) in [7, 11) is 0. The smallest absolute Gasteiger partial charge is 0.147 e. The normalized spacial score (nSPS) is 9.34. The van der Waals surface area contributed by atoms with Crippen molar-refractivity contribution in [2.75, 3.05) is 22.5 Å². The van der Waals surface area contributed by atoms with Crippen LogP contribution < -0.4 is 22.5 Å². The van der Waals surface area contributed by atoms with Crippen molar-refractivity contribution in [1.29, 1.82) is 0 Å². The van der Waals surface area contributed by atoms with E-state index in [-0.39, 0.29) is 22.9 Å². The van der Waals surface area contributed by atoms with Crippen LogP contribution in [0.5, 0.6) is 0 Å². The Morgan fingerprint density at radius 1 is 0.629 bits per heavy atom. The summed E-state index contributed by atoms with van der Waals surface area (Å²) in [4.78, 5) is 0. The van der Waals surface area contributed by atoms with Crippen LogP contribution in [0.1, 0.15) is 11.1 Å². The van der Waals surface area contributed by atoms with Crippen LogP contribution >= 0.6 is 11.6 Å². The lowest BCUT2D eigenvalue weighted by molar-refractivity contribution is 0.235. The van der Waals surface area contributed by atoms with Crippen molar-refractivity contribution in [3.05, 3.63) is 119 Å². The van der Waals surface area contributed by atoms with Crippen LogP contribution in [0.3, 0.4) is 0 Å². The Kier molecular flexibility index (Phi) is 12.5. The van der Waals surface area contributed by atoms with Gasteiger partial charge in [-0.2, -0.15) is 0 Å².